The van der Waals surface area contributed by atoms with Crippen LogP contribution in [0, 0.1) is 5.82 Å². The van der Waals surface area contributed by atoms with Crippen LogP contribution in [0.1, 0.15) is 24.2 Å². The van der Waals surface area contributed by atoms with Gasteiger partial charge in [-0.2, -0.15) is 0 Å². The highest BCUT2D eigenvalue weighted by atomic mass is 35.5. The molecule has 2 nitrogen and oxygen atoms in total. The van der Waals surface area contributed by atoms with E-state index in [0.717, 1.165) is 5.56 Å². The molecular formula is C16H17ClFNO. The molecule has 106 valence electrons. The van der Waals surface area contributed by atoms with Crippen molar-refractivity contribution in [3.05, 3.63) is 64.4 Å². The lowest BCUT2D eigenvalue weighted by atomic mass is 10.1. The summed E-state index contributed by atoms with van der Waals surface area (Å²) in [7, 11) is 1.83. The summed E-state index contributed by atoms with van der Waals surface area (Å²) >= 11 is 5.84. The second kappa shape index (κ2) is 6.25. The van der Waals surface area contributed by atoms with Crippen LogP contribution in [0.4, 0.5) is 10.1 Å². The predicted molar refractivity (Wildman–Crippen MR) is 80.6 cm³/mol. The number of anilines is 1. The molecule has 0 saturated heterocycles. The molecule has 0 saturated carbocycles. The third kappa shape index (κ3) is 3.50. The Kier molecular flexibility index (Phi) is 4.63. The average molecular weight is 294 g/mol. The Morgan fingerprint density at radius 3 is 2.40 bits per heavy atom. The van der Waals surface area contributed by atoms with E-state index in [4.69, 9.17) is 11.6 Å². The summed E-state index contributed by atoms with van der Waals surface area (Å²) in [6.45, 7) is 2.20. The third-order valence-electron chi connectivity index (χ3n) is 3.20. The molecule has 0 aliphatic rings. The largest absolute Gasteiger partial charge is 0.389 e. The fourth-order valence-electron chi connectivity index (χ4n) is 2.04. The Hall–Kier alpha value is -1.58. The number of rotatable bonds is 4. The Balaban J connectivity index is 2.16. The van der Waals surface area contributed by atoms with Gasteiger partial charge in [0.15, 0.2) is 0 Å². The highest BCUT2D eigenvalue weighted by Crippen LogP contribution is 2.24. The van der Waals surface area contributed by atoms with Gasteiger partial charge in [-0.3, -0.25) is 0 Å². The molecule has 1 unspecified atom stereocenters. The van der Waals surface area contributed by atoms with Crippen LogP contribution >= 0.6 is 11.6 Å². The van der Waals surface area contributed by atoms with Crippen LogP contribution in [0.5, 0.6) is 0 Å². The van der Waals surface area contributed by atoms with Crippen LogP contribution in [0.2, 0.25) is 5.02 Å². The van der Waals surface area contributed by atoms with Crippen molar-refractivity contribution in [2.45, 2.75) is 19.6 Å². The van der Waals surface area contributed by atoms with E-state index >= 15 is 0 Å². The van der Waals surface area contributed by atoms with Gasteiger partial charge in [0.05, 0.1) is 11.8 Å². The quantitative estimate of drug-likeness (QED) is 0.914. The van der Waals surface area contributed by atoms with Gasteiger partial charge < -0.3 is 10.0 Å². The van der Waals surface area contributed by atoms with Gasteiger partial charge in [-0.25, -0.2) is 4.39 Å². The third-order valence-corrected chi connectivity index (χ3v) is 3.45. The molecule has 0 bridgehead atoms. The maximum atomic E-state index is 14.1. The maximum Gasteiger partial charge on any atom is 0.146 e. The minimum absolute atomic E-state index is 0.333. The topological polar surface area (TPSA) is 23.5 Å². The number of benzene rings is 2. The van der Waals surface area contributed by atoms with Gasteiger partial charge in [0.2, 0.25) is 0 Å². The Labute approximate surface area is 123 Å². The van der Waals surface area contributed by atoms with E-state index < -0.39 is 6.10 Å². The Morgan fingerprint density at radius 1 is 1.20 bits per heavy atom. The van der Waals surface area contributed by atoms with Crippen molar-refractivity contribution in [3.63, 3.8) is 0 Å². The fourth-order valence-corrected chi connectivity index (χ4v) is 2.17. The Bertz CT molecular complexity index is 584. The van der Waals surface area contributed by atoms with E-state index in [0.29, 0.717) is 22.8 Å². The SMILES string of the molecule is CC(O)c1ccc(N(C)Cc2ccc(Cl)cc2)c(F)c1. The molecule has 0 heterocycles. The van der Waals surface area contributed by atoms with E-state index in [9.17, 15) is 9.50 Å². The maximum absolute atomic E-state index is 14.1. The Morgan fingerprint density at radius 2 is 1.85 bits per heavy atom. The normalized spacial score (nSPS) is 12.2. The van der Waals surface area contributed by atoms with Crippen molar-refractivity contribution in [1.82, 2.24) is 0 Å². The molecule has 20 heavy (non-hydrogen) atoms. The number of hydrogen-bond donors (Lipinski definition) is 1. The van der Waals surface area contributed by atoms with Crippen molar-refractivity contribution in [3.8, 4) is 0 Å². The smallest absolute Gasteiger partial charge is 0.146 e. The summed E-state index contributed by atoms with van der Waals surface area (Å²) < 4.78 is 14.1. The fraction of sp³-hybridized carbons (Fsp3) is 0.250. The van der Waals surface area contributed by atoms with Gasteiger partial charge in [0, 0.05) is 18.6 Å². The zero-order valence-electron chi connectivity index (χ0n) is 11.5. The van der Waals surface area contributed by atoms with Gasteiger partial charge in [-0.15, -0.1) is 0 Å². The van der Waals surface area contributed by atoms with Crippen LogP contribution in [0.25, 0.3) is 0 Å². The van der Waals surface area contributed by atoms with Crippen LogP contribution in [0.3, 0.4) is 0 Å². The lowest BCUT2D eigenvalue weighted by molar-refractivity contribution is 0.199. The van der Waals surface area contributed by atoms with Crippen molar-refractivity contribution < 1.29 is 9.50 Å². The van der Waals surface area contributed by atoms with Crippen LogP contribution in [0.15, 0.2) is 42.5 Å². The van der Waals surface area contributed by atoms with E-state index in [2.05, 4.69) is 0 Å². The van der Waals surface area contributed by atoms with Crippen molar-refractivity contribution in [2.24, 2.45) is 0 Å². The number of aliphatic hydroxyl groups is 1. The van der Waals surface area contributed by atoms with Crippen LogP contribution in [-0.2, 0) is 6.54 Å². The van der Waals surface area contributed by atoms with Crippen LogP contribution in [-0.4, -0.2) is 12.2 Å². The first-order valence-corrected chi connectivity index (χ1v) is 6.78. The van der Waals surface area contributed by atoms with Gasteiger partial charge in [-0.1, -0.05) is 29.8 Å². The number of halogens is 2. The molecule has 1 atom stereocenters. The second-order valence-corrected chi connectivity index (χ2v) is 5.31. The van der Waals surface area contributed by atoms with Gasteiger partial charge in [0.1, 0.15) is 5.82 Å². The molecule has 0 amide bonds. The minimum atomic E-state index is -0.667. The van der Waals surface area contributed by atoms with Gasteiger partial charge >= 0.3 is 0 Å². The van der Waals surface area contributed by atoms with E-state index in [-0.39, 0.29) is 5.82 Å². The summed E-state index contributed by atoms with van der Waals surface area (Å²) in [5.41, 5.74) is 2.13. The molecule has 0 radical (unpaired) electrons. The average Bonchev–Trinajstić information content (AvgIpc) is 2.41. The predicted octanol–water partition coefficient (Wildman–Crippen LogP) is 4.17. The molecule has 2 aromatic rings. The monoisotopic (exact) mass is 293 g/mol. The lowest BCUT2D eigenvalue weighted by Crippen LogP contribution is -2.17. The summed E-state index contributed by atoms with van der Waals surface area (Å²) in [6, 6.07) is 12.3. The molecule has 2 aromatic carbocycles. The van der Waals surface area contributed by atoms with E-state index in [1.54, 1.807) is 19.1 Å². The van der Waals surface area contributed by atoms with Crippen LogP contribution < -0.4 is 4.90 Å². The first kappa shape index (κ1) is 14.8. The highest BCUT2D eigenvalue weighted by Gasteiger charge is 2.11. The molecule has 4 heteroatoms. The number of hydrogen-bond acceptors (Lipinski definition) is 2. The molecule has 1 N–H and O–H groups in total. The zero-order chi connectivity index (χ0) is 14.7. The van der Waals surface area contributed by atoms with Gasteiger partial charge in [0.25, 0.3) is 0 Å². The molecule has 2 rings (SSSR count). The van der Waals surface area contributed by atoms with Crippen molar-refractivity contribution in [1.29, 1.82) is 0 Å². The molecule has 0 aromatic heterocycles. The minimum Gasteiger partial charge on any atom is -0.389 e. The summed E-state index contributed by atoms with van der Waals surface area (Å²) in [6.07, 6.45) is -0.667. The van der Waals surface area contributed by atoms with Gasteiger partial charge in [-0.05, 0) is 42.3 Å². The zero-order valence-corrected chi connectivity index (χ0v) is 12.2. The number of nitrogens with zero attached hydrogens (tertiary/aromatic N) is 1. The van der Waals surface area contributed by atoms with E-state index in [1.807, 2.05) is 36.2 Å². The van der Waals surface area contributed by atoms with Crippen molar-refractivity contribution in [2.75, 3.05) is 11.9 Å². The van der Waals surface area contributed by atoms with E-state index in [1.165, 1.54) is 6.07 Å². The first-order chi connectivity index (χ1) is 9.47. The molecule has 0 spiro atoms. The standard InChI is InChI=1S/C16H17ClFNO/c1-11(20)13-5-8-16(15(18)9-13)19(2)10-12-3-6-14(17)7-4-12/h3-9,11,20H,10H2,1-2H3. The molecular weight excluding hydrogens is 277 g/mol. The lowest BCUT2D eigenvalue weighted by Gasteiger charge is -2.21. The molecule has 0 fully saturated rings. The summed E-state index contributed by atoms with van der Waals surface area (Å²) in [4.78, 5) is 1.82. The summed E-state index contributed by atoms with van der Waals surface area (Å²) in [5.74, 6) is -0.333. The van der Waals surface area contributed by atoms with Crippen molar-refractivity contribution >= 4 is 17.3 Å². The first-order valence-electron chi connectivity index (χ1n) is 6.40. The number of aliphatic hydroxyl groups excluding tert-OH is 1. The summed E-state index contributed by atoms with van der Waals surface area (Å²) in [5, 5.41) is 10.1. The highest BCUT2D eigenvalue weighted by molar-refractivity contribution is 6.30. The second-order valence-electron chi connectivity index (χ2n) is 4.87. The molecule has 0 aliphatic heterocycles. The molecule has 0 aliphatic carbocycles.